The number of aromatic nitrogens is 2. The number of carbonyl (C=O) groups excluding carboxylic acids is 1. The van der Waals surface area contributed by atoms with Crippen molar-refractivity contribution in [1.82, 2.24) is 14.5 Å². The standard InChI is InChI=1S/C36H30ClN3O2/c1-24-31(37)16-10-18-33(24)40-34(38-32-17-9-8-15-30(32)36(40)42)25(2)39(22-21-26-11-4-3-5-12-26)35(41)29-20-19-27-13-6-7-14-28(27)23-29/h3-20,23,25H,21-22H2,1-2H3. The van der Waals surface area contributed by atoms with Crippen LogP contribution >= 0.6 is 11.6 Å². The molecule has 6 aromatic rings. The molecule has 0 saturated carbocycles. The van der Waals surface area contributed by atoms with Crippen molar-refractivity contribution in [2.75, 3.05) is 6.54 Å². The van der Waals surface area contributed by atoms with E-state index in [2.05, 4.69) is 12.1 Å². The van der Waals surface area contributed by atoms with Crippen molar-refractivity contribution in [2.24, 2.45) is 0 Å². The predicted molar refractivity (Wildman–Crippen MR) is 171 cm³/mol. The summed E-state index contributed by atoms with van der Waals surface area (Å²) in [6.45, 7) is 4.27. The Balaban J connectivity index is 1.51. The Labute approximate surface area is 249 Å². The molecule has 1 atom stereocenters. The zero-order valence-electron chi connectivity index (χ0n) is 23.5. The third-order valence-electron chi connectivity index (χ3n) is 7.86. The minimum Gasteiger partial charge on any atom is -0.328 e. The number of hydrogen-bond donors (Lipinski definition) is 0. The second kappa shape index (κ2) is 11.6. The molecular weight excluding hydrogens is 542 g/mol. The van der Waals surface area contributed by atoms with Crippen LogP contribution in [0, 0.1) is 6.92 Å². The third kappa shape index (κ3) is 5.19. The van der Waals surface area contributed by atoms with Gasteiger partial charge in [0.15, 0.2) is 0 Å². The van der Waals surface area contributed by atoms with Gasteiger partial charge in [0.1, 0.15) is 5.82 Å². The summed E-state index contributed by atoms with van der Waals surface area (Å²) in [5, 5.41) is 3.12. The largest absolute Gasteiger partial charge is 0.328 e. The summed E-state index contributed by atoms with van der Waals surface area (Å²) >= 11 is 6.52. The van der Waals surface area contributed by atoms with Crippen LogP contribution in [-0.2, 0) is 6.42 Å². The Morgan fingerprint density at radius 3 is 2.38 bits per heavy atom. The van der Waals surface area contributed by atoms with Crippen LogP contribution in [0.3, 0.4) is 0 Å². The van der Waals surface area contributed by atoms with Crippen LogP contribution in [0.1, 0.15) is 40.3 Å². The van der Waals surface area contributed by atoms with Gasteiger partial charge in [0.05, 0.1) is 22.6 Å². The SMILES string of the molecule is Cc1c(Cl)cccc1-n1c(C(C)N(CCc2ccccc2)C(=O)c2ccc3ccccc3c2)nc2ccccc2c1=O. The molecular formula is C36H30ClN3O2. The number of halogens is 1. The average molecular weight is 572 g/mol. The number of para-hydroxylation sites is 1. The molecule has 208 valence electrons. The van der Waals surface area contributed by atoms with Crippen LogP contribution in [0.2, 0.25) is 5.02 Å². The van der Waals surface area contributed by atoms with E-state index >= 15 is 0 Å². The van der Waals surface area contributed by atoms with Gasteiger partial charge in [0, 0.05) is 17.1 Å². The number of benzene rings is 5. The topological polar surface area (TPSA) is 55.2 Å². The molecule has 5 nitrogen and oxygen atoms in total. The number of fused-ring (bicyclic) bond motifs is 2. The molecule has 6 heteroatoms. The van der Waals surface area contributed by atoms with Crippen LogP contribution in [-0.4, -0.2) is 26.9 Å². The van der Waals surface area contributed by atoms with E-state index in [-0.39, 0.29) is 11.5 Å². The first-order valence-electron chi connectivity index (χ1n) is 14.0. The highest BCUT2D eigenvalue weighted by Gasteiger charge is 2.28. The molecule has 6 rings (SSSR count). The monoisotopic (exact) mass is 571 g/mol. The van der Waals surface area contributed by atoms with Gasteiger partial charge in [-0.25, -0.2) is 4.98 Å². The number of nitrogens with zero attached hydrogens (tertiary/aromatic N) is 3. The van der Waals surface area contributed by atoms with E-state index in [4.69, 9.17) is 16.6 Å². The summed E-state index contributed by atoms with van der Waals surface area (Å²) in [5.74, 6) is 0.354. The van der Waals surface area contributed by atoms with Crippen molar-refractivity contribution >= 4 is 39.2 Å². The molecule has 0 saturated heterocycles. The van der Waals surface area contributed by atoms with Gasteiger partial charge >= 0.3 is 0 Å². The van der Waals surface area contributed by atoms with Crippen LogP contribution < -0.4 is 5.56 Å². The molecule has 0 radical (unpaired) electrons. The lowest BCUT2D eigenvalue weighted by atomic mass is 10.0. The first kappa shape index (κ1) is 27.4. The van der Waals surface area contributed by atoms with Crippen molar-refractivity contribution in [1.29, 1.82) is 0 Å². The zero-order valence-corrected chi connectivity index (χ0v) is 24.3. The zero-order chi connectivity index (χ0) is 29.2. The molecule has 0 bridgehead atoms. The number of amides is 1. The summed E-state index contributed by atoms with van der Waals surface area (Å²) in [7, 11) is 0. The van der Waals surface area contributed by atoms with Crippen LogP contribution in [0.5, 0.6) is 0 Å². The Bertz CT molecular complexity index is 1980. The number of carbonyl (C=O) groups is 1. The molecule has 1 unspecified atom stereocenters. The highest BCUT2D eigenvalue weighted by Crippen LogP contribution is 2.29. The second-order valence-electron chi connectivity index (χ2n) is 10.5. The lowest BCUT2D eigenvalue weighted by Crippen LogP contribution is -2.39. The van der Waals surface area contributed by atoms with Gasteiger partial charge in [-0.15, -0.1) is 0 Å². The van der Waals surface area contributed by atoms with Gasteiger partial charge in [-0.2, -0.15) is 0 Å². The fourth-order valence-electron chi connectivity index (χ4n) is 5.49. The van der Waals surface area contributed by atoms with Gasteiger partial charge < -0.3 is 4.90 Å². The van der Waals surface area contributed by atoms with Gasteiger partial charge in [-0.3, -0.25) is 14.2 Å². The van der Waals surface area contributed by atoms with Gasteiger partial charge in [-0.1, -0.05) is 90.5 Å². The fourth-order valence-corrected chi connectivity index (χ4v) is 5.66. The second-order valence-corrected chi connectivity index (χ2v) is 10.9. The van der Waals surface area contributed by atoms with E-state index in [9.17, 15) is 9.59 Å². The van der Waals surface area contributed by atoms with Gasteiger partial charge in [0.25, 0.3) is 11.5 Å². The summed E-state index contributed by atoms with van der Waals surface area (Å²) in [4.78, 5) is 35.2. The highest BCUT2D eigenvalue weighted by molar-refractivity contribution is 6.31. The van der Waals surface area contributed by atoms with Crippen LogP contribution in [0.25, 0.3) is 27.4 Å². The summed E-state index contributed by atoms with van der Waals surface area (Å²) < 4.78 is 1.62. The maximum atomic E-state index is 14.3. The first-order chi connectivity index (χ1) is 20.4. The molecule has 5 aromatic carbocycles. The molecule has 0 spiro atoms. The number of rotatable bonds is 7. The predicted octanol–water partition coefficient (Wildman–Crippen LogP) is 7.95. The fraction of sp³-hybridized carbons (Fsp3) is 0.139. The maximum Gasteiger partial charge on any atom is 0.266 e. The Morgan fingerprint density at radius 2 is 1.57 bits per heavy atom. The minimum absolute atomic E-state index is 0.124. The summed E-state index contributed by atoms with van der Waals surface area (Å²) in [6.07, 6.45) is 0.651. The van der Waals surface area contributed by atoms with Gasteiger partial charge in [0.2, 0.25) is 0 Å². The lowest BCUT2D eigenvalue weighted by Gasteiger charge is -2.31. The van der Waals surface area contributed by atoms with Gasteiger partial charge in [-0.05, 0) is 78.6 Å². The van der Waals surface area contributed by atoms with E-state index in [1.165, 1.54) is 0 Å². The maximum absolute atomic E-state index is 14.3. The number of hydrogen-bond acceptors (Lipinski definition) is 3. The Kier molecular flexibility index (Phi) is 7.60. The molecule has 0 N–H and O–H groups in total. The van der Waals surface area contributed by atoms with Crippen LogP contribution in [0.4, 0.5) is 0 Å². The molecule has 1 amide bonds. The van der Waals surface area contributed by atoms with E-state index in [1.807, 2.05) is 110 Å². The Morgan fingerprint density at radius 1 is 0.857 bits per heavy atom. The first-order valence-corrected chi connectivity index (χ1v) is 14.4. The highest BCUT2D eigenvalue weighted by atomic mass is 35.5. The average Bonchev–Trinajstić information content (AvgIpc) is 3.03. The minimum atomic E-state index is -0.539. The molecule has 0 aliphatic rings. The lowest BCUT2D eigenvalue weighted by molar-refractivity contribution is 0.0684. The van der Waals surface area contributed by atoms with Crippen molar-refractivity contribution in [3.05, 3.63) is 153 Å². The molecule has 0 aliphatic heterocycles. The van der Waals surface area contributed by atoms with Crippen molar-refractivity contribution in [3.63, 3.8) is 0 Å². The molecule has 42 heavy (non-hydrogen) atoms. The summed E-state index contributed by atoms with van der Waals surface area (Å²) in [6, 6.07) is 36.1. The van der Waals surface area contributed by atoms with E-state index in [1.54, 1.807) is 16.7 Å². The smallest absolute Gasteiger partial charge is 0.266 e. The van der Waals surface area contributed by atoms with Crippen LogP contribution in [0.15, 0.2) is 120 Å². The molecule has 0 fully saturated rings. The van der Waals surface area contributed by atoms with Crippen molar-refractivity contribution in [2.45, 2.75) is 26.3 Å². The van der Waals surface area contributed by atoms with E-state index < -0.39 is 6.04 Å². The molecule has 1 aromatic heterocycles. The Hall–Kier alpha value is -4.74. The van der Waals surface area contributed by atoms with Crippen molar-refractivity contribution in [3.8, 4) is 5.69 Å². The normalized spacial score (nSPS) is 12.0. The third-order valence-corrected chi connectivity index (χ3v) is 8.27. The van der Waals surface area contributed by atoms with Crippen molar-refractivity contribution < 1.29 is 4.79 Å². The van der Waals surface area contributed by atoms with E-state index in [0.29, 0.717) is 46.0 Å². The summed E-state index contributed by atoms with van der Waals surface area (Å²) in [5.41, 5.74) is 3.51. The quantitative estimate of drug-likeness (QED) is 0.195. The molecule has 0 aliphatic carbocycles. The molecule has 1 heterocycles. The van der Waals surface area contributed by atoms with E-state index in [0.717, 1.165) is 21.9 Å².